The molecule has 1 aromatic heterocycles. The summed E-state index contributed by atoms with van der Waals surface area (Å²) in [5.74, 6) is 0.566. The Morgan fingerprint density at radius 2 is 2.39 bits per heavy atom. The molecule has 1 unspecified atom stereocenters. The molecule has 1 aliphatic heterocycles. The van der Waals surface area contributed by atoms with Crippen molar-refractivity contribution >= 4 is 17.2 Å². The Labute approximate surface area is 112 Å². The highest BCUT2D eigenvalue weighted by atomic mass is 32.1. The molecular weight excluding hydrogens is 246 g/mol. The van der Waals surface area contributed by atoms with Gasteiger partial charge in [-0.2, -0.15) is 0 Å². The maximum atomic E-state index is 12.2. The molecule has 4 nitrogen and oxygen atoms in total. The number of rotatable bonds is 4. The number of carbonyl (C=O) groups excluding carboxylic acids is 1. The number of amides is 1. The predicted molar refractivity (Wildman–Crippen MR) is 74.1 cm³/mol. The van der Waals surface area contributed by atoms with E-state index in [1.165, 1.54) is 11.3 Å². The topological polar surface area (TPSA) is 54.0 Å². The van der Waals surface area contributed by atoms with E-state index in [9.17, 15) is 4.79 Å². The van der Waals surface area contributed by atoms with Crippen molar-refractivity contribution in [2.45, 2.75) is 39.7 Å². The largest absolute Gasteiger partial charge is 0.347 e. The average Bonchev–Trinajstić information content (AvgIpc) is 2.87. The Morgan fingerprint density at radius 3 is 3.00 bits per heavy atom. The van der Waals surface area contributed by atoms with Gasteiger partial charge in [-0.25, -0.2) is 4.98 Å². The van der Waals surface area contributed by atoms with E-state index in [-0.39, 0.29) is 11.9 Å². The van der Waals surface area contributed by atoms with Gasteiger partial charge in [0.25, 0.3) is 5.91 Å². The first-order chi connectivity index (χ1) is 8.56. The van der Waals surface area contributed by atoms with Crippen LogP contribution < -0.4 is 10.6 Å². The molecule has 1 amide bonds. The van der Waals surface area contributed by atoms with Gasteiger partial charge in [-0.1, -0.05) is 13.8 Å². The van der Waals surface area contributed by atoms with Gasteiger partial charge in [-0.05, 0) is 32.2 Å². The van der Waals surface area contributed by atoms with Crippen molar-refractivity contribution in [3.63, 3.8) is 0 Å². The van der Waals surface area contributed by atoms with Gasteiger partial charge >= 0.3 is 0 Å². The lowest BCUT2D eigenvalue weighted by atomic mass is 10.1. The third-order valence-corrected chi connectivity index (χ3v) is 4.02. The molecule has 0 spiro atoms. The summed E-state index contributed by atoms with van der Waals surface area (Å²) in [5, 5.41) is 7.32. The fraction of sp³-hybridized carbons (Fsp3) is 0.692. The van der Waals surface area contributed by atoms with Crippen molar-refractivity contribution < 1.29 is 4.79 Å². The zero-order valence-electron chi connectivity index (χ0n) is 11.2. The maximum absolute atomic E-state index is 12.2. The number of nitrogens with zero attached hydrogens (tertiary/aromatic N) is 1. The molecule has 2 heterocycles. The summed E-state index contributed by atoms with van der Waals surface area (Å²) in [6.07, 6.45) is 1.89. The molecule has 2 N–H and O–H groups in total. The lowest BCUT2D eigenvalue weighted by Gasteiger charge is -2.11. The third kappa shape index (κ3) is 3.29. The third-order valence-electron chi connectivity index (χ3n) is 3.01. The van der Waals surface area contributed by atoms with E-state index < -0.39 is 0 Å². The van der Waals surface area contributed by atoms with Gasteiger partial charge in [-0.15, -0.1) is 11.3 Å². The Bertz CT molecular complexity index is 422. The van der Waals surface area contributed by atoms with Crippen LogP contribution in [0, 0.1) is 12.8 Å². The Balaban J connectivity index is 2.08. The van der Waals surface area contributed by atoms with Crippen LogP contribution in [-0.4, -0.2) is 30.0 Å². The summed E-state index contributed by atoms with van der Waals surface area (Å²) in [5.41, 5.74) is 0.955. The van der Waals surface area contributed by atoms with Crippen LogP contribution in [0.4, 0.5) is 0 Å². The molecule has 1 aliphatic rings. The first-order valence-electron chi connectivity index (χ1n) is 6.54. The zero-order chi connectivity index (χ0) is 13.1. The molecule has 5 heteroatoms. The van der Waals surface area contributed by atoms with Gasteiger partial charge in [-0.3, -0.25) is 4.79 Å². The van der Waals surface area contributed by atoms with E-state index in [1.54, 1.807) is 0 Å². The lowest BCUT2D eigenvalue weighted by Crippen LogP contribution is -2.36. The number of aryl methyl sites for hydroxylation is 1. The SMILES string of the molecule is Cc1nc(CC(C)C)c(C(=O)NC2CCNC2)s1. The van der Waals surface area contributed by atoms with Gasteiger partial charge in [0.1, 0.15) is 4.88 Å². The number of carbonyl (C=O) groups is 1. The molecular formula is C13H21N3OS. The summed E-state index contributed by atoms with van der Waals surface area (Å²) in [6.45, 7) is 8.13. The normalized spacial score (nSPS) is 19.4. The van der Waals surface area contributed by atoms with Crippen LogP contribution in [0.2, 0.25) is 0 Å². The minimum atomic E-state index is 0.0463. The Hall–Kier alpha value is -0.940. The molecule has 0 aliphatic carbocycles. The molecule has 0 aromatic carbocycles. The second kappa shape index (κ2) is 5.80. The first-order valence-corrected chi connectivity index (χ1v) is 7.35. The molecule has 0 saturated carbocycles. The van der Waals surface area contributed by atoms with Gasteiger partial charge in [0, 0.05) is 12.6 Å². The second-order valence-electron chi connectivity index (χ2n) is 5.27. The zero-order valence-corrected chi connectivity index (χ0v) is 12.1. The molecule has 1 fully saturated rings. The molecule has 1 aromatic rings. The summed E-state index contributed by atoms with van der Waals surface area (Å²) in [6, 6.07) is 0.270. The smallest absolute Gasteiger partial charge is 0.263 e. The van der Waals surface area contributed by atoms with Crippen molar-refractivity contribution in [2.24, 2.45) is 5.92 Å². The molecule has 0 radical (unpaired) electrons. The van der Waals surface area contributed by atoms with Crippen LogP contribution in [0.5, 0.6) is 0 Å². The number of hydrogen-bond acceptors (Lipinski definition) is 4. The van der Waals surface area contributed by atoms with Crippen molar-refractivity contribution in [1.29, 1.82) is 0 Å². The van der Waals surface area contributed by atoms with Crippen molar-refractivity contribution in [3.8, 4) is 0 Å². The minimum Gasteiger partial charge on any atom is -0.347 e. The number of nitrogens with one attached hydrogen (secondary N) is 2. The van der Waals surface area contributed by atoms with Crippen LogP contribution in [0.1, 0.15) is 40.6 Å². The van der Waals surface area contributed by atoms with Gasteiger partial charge in [0.15, 0.2) is 0 Å². The highest BCUT2D eigenvalue weighted by Gasteiger charge is 2.22. The van der Waals surface area contributed by atoms with Crippen molar-refractivity contribution in [3.05, 3.63) is 15.6 Å². The summed E-state index contributed by atoms with van der Waals surface area (Å²) >= 11 is 1.50. The van der Waals surface area contributed by atoms with E-state index >= 15 is 0 Å². The van der Waals surface area contributed by atoms with Gasteiger partial charge in [0.05, 0.1) is 10.7 Å². The van der Waals surface area contributed by atoms with Crippen LogP contribution in [0.3, 0.4) is 0 Å². The highest BCUT2D eigenvalue weighted by molar-refractivity contribution is 7.13. The van der Waals surface area contributed by atoms with E-state index in [0.29, 0.717) is 5.92 Å². The summed E-state index contributed by atoms with van der Waals surface area (Å²) in [7, 11) is 0. The summed E-state index contributed by atoms with van der Waals surface area (Å²) in [4.78, 5) is 17.5. The standard InChI is InChI=1S/C13H21N3OS/c1-8(2)6-11-12(18-9(3)15-11)13(17)16-10-4-5-14-7-10/h8,10,14H,4-7H2,1-3H3,(H,16,17). The predicted octanol–water partition coefficient (Wildman–Crippen LogP) is 1.74. The highest BCUT2D eigenvalue weighted by Crippen LogP contribution is 2.21. The van der Waals surface area contributed by atoms with Crippen molar-refractivity contribution in [2.75, 3.05) is 13.1 Å². The lowest BCUT2D eigenvalue weighted by molar-refractivity contribution is 0.0943. The summed E-state index contributed by atoms with van der Waals surface area (Å²) < 4.78 is 0. The minimum absolute atomic E-state index is 0.0463. The molecule has 18 heavy (non-hydrogen) atoms. The van der Waals surface area contributed by atoms with Crippen LogP contribution in [0.15, 0.2) is 0 Å². The van der Waals surface area contributed by atoms with Crippen LogP contribution in [0.25, 0.3) is 0 Å². The maximum Gasteiger partial charge on any atom is 0.263 e. The Morgan fingerprint density at radius 1 is 1.61 bits per heavy atom. The second-order valence-corrected chi connectivity index (χ2v) is 6.47. The number of aromatic nitrogens is 1. The van der Waals surface area contributed by atoms with E-state index in [2.05, 4.69) is 29.5 Å². The molecule has 2 rings (SSSR count). The fourth-order valence-electron chi connectivity index (χ4n) is 2.20. The fourth-order valence-corrected chi connectivity index (χ4v) is 3.05. The molecule has 1 atom stereocenters. The molecule has 100 valence electrons. The van der Waals surface area contributed by atoms with E-state index in [1.807, 2.05) is 6.92 Å². The quantitative estimate of drug-likeness (QED) is 0.873. The number of hydrogen-bond donors (Lipinski definition) is 2. The Kier molecular flexibility index (Phi) is 4.35. The van der Waals surface area contributed by atoms with E-state index in [4.69, 9.17) is 0 Å². The number of thiazole rings is 1. The average molecular weight is 267 g/mol. The van der Waals surface area contributed by atoms with Crippen molar-refractivity contribution in [1.82, 2.24) is 15.6 Å². The van der Waals surface area contributed by atoms with E-state index in [0.717, 1.165) is 41.5 Å². The first kappa shape index (κ1) is 13.5. The molecule has 1 saturated heterocycles. The van der Waals surface area contributed by atoms with Crippen LogP contribution in [-0.2, 0) is 6.42 Å². The van der Waals surface area contributed by atoms with Crippen LogP contribution >= 0.6 is 11.3 Å². The monoisotopic (exact) mass is 267 g/mol. The van der Waals surface area contributed by atoms with Gasteiger partial charge in [0.2, 0.25) is 0 Å². The van der Waals surface area contributed by atoms with Gasteiger partial charge < -0.3 is 10.6 Å². The molecule has 0 bridgehead atoms.